The Bertz CT molecular complexity index is 481. The van der Waals surface area contributed by atoms with E-state index in [-0.39, 0.29) is 5.91 Å². The van der Waals surface area contributed by atoms with Crippen LogP contribution in [0, 0.1) is 12.8 Å². The number of aliphatic hydroxyl groups is 1. The largest absolute Gasteiger partial charge is 0.382 e. The van der Waals surface area contributed by atoms with Crippen molar-refractivity contribution in [1.82, 2.24) is 5.32 Å². The van der Waals surface area contributed by atoms with E-state index in [4.69, 9.17) is 5.73 Å². The molecule has 0 spiro atoms. The lowest BCUT2D eigenvalue weighted by molar-refractivity contribution is -0.130. The zero-order valence-electron chi connectivity index (χ0n) is 14.1. The molecular weight excluding hydrogens is 288 g/mol. The van der Waals surface area contributed by atoms with E-state index in [1.165, 1.54) is 43.2 Å². The lowest BCUT2D eigenvalue weighted by atomic mass is 9.84. The second kappa shape index (κ2) is 9.04. The van der Waals surface area contributed by atoms with Crippen LogP contribution in [0.4, 0.5) is 0 Å². The Morgan fingerprint density at radius 2 is 1.91 bits per heavy atom. The van der Waals surface area contributed by atoms with Crippen LogP contribution in [0.2, 0.25) is 0 Å². The van der Waals surface area contributed by atoms with Crippen molar-refractivity contribution in [1.29, 1.82) is 0 Å². The average Bonchev–Trinajstić information content (AvgIpc) is 2.56. The number of hydrogen-bond acceptors (Lipinski definition) is 3. The molecule has 1 aromatic rings. The van der Waals surface area contributed by atoms with Crippen molar-refractivity contribution in [2.24, 2.45) is 11.7 Å². The zero-order valence-corrected chi connectivity index (χ0v) is 14.1. The molecule has 2 atom stereocenters. The van der Waals surface area contributed by atoms with Crippen molar-refractivity contribution in [3.63, 3.8) is 0 Å². The summed E-state index contributed by atoms with van der Waals surface area (Å²) in [6.45, 7) is 2.57. The normalized spacial score (nSPS) is 18.4. The van der Waals surface area contributed by atoms with E-state index in [1.54, 1.807) is 0 Å². The van der Waals surface area contributed by atoms with Crippen LogP contribution in [0.25, 0.3) is 0 Å². The summed E-state index contributed by atoms with van der Waals surface area (Å²) in [5.41, 5.74) is 8.44. The Morgan fingerprint density at radius 3 is 2.57 bits per heavy atom. The molecule has 0 aromatic heterocycles. The molecule has 0 aliphatic heterocycles. The predicted molar refractivity (Wildman–Crippen MR) is 93.1 cm³/mol. The Labute approximate surface area is 139 Å². The fraction of sp³-hybridized carbons (Fsp3) is 0.632. The number of rotatable bonds is 7. The third kappa shape index (κ3) is 5.96. The van der Waals surface area contributed by atoms with Gasteiger partial charge < -0.3 is 16.2 Å². The lowest BCUT2D eigenvalue weighted by Crippen LogP contribution is -2.47. The van der Waals surface area contributed by atoms with Crippen molar-refractivity contribution >= 4 is 5.91 Å². The van der Waals surface area contributed by atoms with E-state index < -0.39 is 12.1 Å². The molecule has 0 radical (unpaired) electrons. The second-order valence-corrected chi connectivity index (χ2v) is 6.88. The number of benzene rings is 1. The SMILES string of the molecule is Cc1ccc(CCNC(=O)C(O)[C@H](N)CC2CCCCC2)cc1. The van der Waals surface area contributed by atoms with E-state index in [1.807, 2.05) is 0 Å². The minimum Gasteiger partial charge on any atom is -0.382 e. The van der Waals surface area contributed by atoms with Gasteiger partial charge in [0.15, 0.2) is 0 Å². The maximum absolute atomic E-state index is 12.0. The third-order valence-corrected chi connectivity index (χ3v) is 4.84. The molecular formula is C19H30N2O2. The van der Waals surface area contributed by atoms with Crippen molar-refractivity contribution in [3.8, 4) is 0 Å². The smallest absolute Gasteiger partial charge is 0.250 e. The number of hydrogen-bond donors (Lipinski definition) is 3. The van der Waals surface area contributed by atoms with Gasteiger partial charge in [-0.05, 0) is 31.2 Å². The molecule has 1 aromatic carbocycles. The number of nitrogens with one attached hydrogen (secondary N) is 1. The standard InChI is InChI=1S/C19H30N2O2/c1-14-7-9-15(10-8-14)11-12-21-19(23)18(22)17(20)13-16-5-3-2-4-6-16/h7-10,16-18,22H,2-6,11-13,20H2,1H3,(H,21,23)/t17-,18?/m1/s1. The molecule has 4 N–H and O–H groups in total. The van der Waals surface area contributed by atoms with Crippen LogP contribution < -0.4 is 11.1 Å². The Balaban J connectivity index is 1.69. The van der Waals surface area contributed by atoms with Crippen LogP contribution in [0.1, 0.15) is 49.7 Å². The van der Waals surface area contributed by atoms with Gasteiger partial charge in [-0.15, -0.1) is 0 Å². The lowest BCUT2D eigenvalue weighted by Gasteiger charge is -2.26. The monoisotopic (exact) mass is 318 g/mol. The predicted octanol–water partition coefficient (Wildman–Crippen LogP) is 2.31. The van der Waals surface area contributed by atoms with E-state index in [9.17, 15) is 9.90 Å². The summed E-state index contributed by atoms with van der Waals surface area (Å²) in [6.07, 6.45) is 6.55. The van der Waals surface area contributed by atoms with Crippen LogP contribution in [-0.2, 0) is 11.2 Å². The Morgan fingerprint density at radius 1 is 1.26 bits per heavy atom. The minimum absolute atomic E-state index is 0.347. The summed E-state index contributed by atoms with van der Waals surface area (Å²) >= 11 is 0. The van der Waals surface area contributed by atoms with Gasteiger partial charge in [-0.3, -0.25) is 4.79 Å². The minimum atomic E-state index is -1.10. The number of amides is 1. The summed E-state index contributed by atoms with van der Waals surface area (Å²) in [4.78, 5) is 12.0. The Hall–Kier alpha value is -1.39. The molecule has 0 heterocycles. The first-order valence-corrected chi connectivity index (χ1v) is 8.83. The van der Waals surface area contributed by atoms with Gasteiger partial charge in [0.05, 0.1) is 0 Å². The van der Waals surface area contributed by atoms with Crippen molar-refractivity contribution < 1.29 is 9.90 Å². The molecule has 0 bridgehead atoms. The van der Waals surface area contributed by atoms with Gasteiger partial charge in [0.1, 0.15) is 6.10 Å². The molecule has 1 unspecified atom stereocenters. The molecule has 23 heavy (non-hydrogen) atoms. The fourth-order valence-corrected chi connectivity index (χ4v) is 3.32. The zero-order chi connectivity index (χ0) is 16.7. The molecule has 1 fully saturated rings. The summed E-state index contributed by atoms with van der Waals surface area (Å²) < 4.78 is 0. The molecule has 1 amide bonds. The number of carbonyl (C=O) groups is 1. The number of aliphatic hydroxyl groups excluding tert-OH is 1. The highest BCUT2D eigenvalue weighted by atomic mass is 16.3. The summed E-state index contributed by atoms with van der Waals surface area (Å²) in [5.74, 6) is 0.217. The van der Waals surface area contributed by atoms with Crippen molar-refractivity contribution in [2.45, 2.75) is 64.0 Å². The van der Waals surface area contributed by atoms with Gasteiger partial charge in [-0.25, -0.2) is 0 Å². The van der Waals surface area contributed by atoms with Crippen molar-refractivity contribution in [2.75, 3.05) is 6.54 Å². The third-order valence-electron chi connectivity index (χ3n) is 4.84. The molecule has 1 aliphatic rings. The summed E-state index contributed by atoms with van der Waals surface area (Å²) in [7, 11) is 0. The summed E-state index contributed by atoms with van der Waals surface area (Å²) in [5, 5.41) is 12.9. The number of nitrogens with two attached hydrogens (primary N) is 1. The first kappa shape index (κ1) is 18.0. The van der Waals surface area contributed by atoms with E-state index in [0.717, 1.165) is 12.8 Å². The van der Waals surface area contributed by atoms with Crippen LogP contribution in [0.15, 0.2) is 24.3 Å². The molecule has 128 valence electrons. The quantitative estimate of drug-likeness (QED) is 0.722. The molecule has 4 nitrogen and oxygen atoms in total. The molecule has 2 rings (SSSR count). The number of aryl methyl sites for hydroxylation is 1. The highest BCUT2D eigenvalue weighted by Gasteiger charge is 2.26. The highest BCUT2D eigenvalue weighted by molar-refractivity contribution is 5.81. The van der Waals surface area contributed by atoms with Gasteiger partial charge >= 0.3 is 0 Å². The highest BCUT2D eigenvalue weighted by Crippen LogP contribution is 2.27. The van der Waals surface area contributed by atoms with Gasteiger partial charge in [0.2, 0.25) is 5.91 Å². The van der Waals surface area contributed by atoms with Crippen LogP contribution in [-0.4, -0.2) is 29.7 Å². The van der Waals surface area contributed by atoms with E-state index in [0.29, 0.717) is 12.5 Å². The maximum Gasteiger partial charge on any atom is 0.250 e. The topological polar surface area (TPSA) is 75.3 Å². The van der Waals surface area contributed by atoms with E-state index in [2.05, 4.69) is 36.5 Å². The first-order valence-electron chi connectivity index (χ1n) is 8.83. The summed E-state index contributed by atoms with van der Waals surface area (Å²) in [6, 6.07) is 7.79. The number of carbonyl (C=O) groups excluding carboxylic acids is 1. The van der Waals surface area contributed by atoms with Crippen LogP contribution >= 0.6 is 0 Å². The van der Waals surface area contributed by atoms with Crippen LogP contribution in [0.5, 0.6) is 0 Å². The molecule has 1 saturated carbocycles. The van der Waals surface area contributed by atoms with Gasteiger partial charge in [0, 0.05) is 12.6 Å². The van der Waals surface area contributed by atoms with Crippen molar-refractivity contribution in [3.05, 3.63) is 35.4 Å². The van der Waals surface area contributed by atoms with Gasteiger partial charge in [0.25, 0.3) is 0 Å². The van der Waals surface area contributed by atoms with Gasteiger partial charge in [-0.1, -0.05) is 61.9 Å². The Kier molecular flexibility index (Phi) is 7.06. The van der Waals surface area contributed by atoms with Gasteiger partial charge in [-0.2, -0.15) is 0 Å². The molecule has 4 heteroatoms. The maximum atomic E-state index is 12.0. The fourth-order valence-electron chi connectivity index (χ4n) is 3.32. The molecule has 1 aliphatic carbocycles. The first-order chi connectivity index (χ1) is 11.1. The average molecular weight is 318 g/mol. The molecule has 0 saturated heterocycles. The van der Waals surface area contributed by atoms with Crippen LogP contribution in [0.3, 0.4) is 0 Å². The van der Waals surface area contributed by atoms with E-state index >= 15 is 0 Å². The second-order valence-electron chi connectivity index (χ2n) is 6.88.